The van der Waals surface area contributed by atoms with Gasteiger partial charge < -0.3 is 15.3 Å². The lowest BCUT2D eigenvalue weighted by Crippen LogP contribution is -2.18. The molecule has 0 saturated carbocycles. The van der Waals surface area contributed by atoms with Crippen LogP contribution in [0.1, 0.15) is 42.4 Å². The van der Waals surface area contributed by atoms with Crippen LogP contribution in [0.25, 0.3) is 5.69 Å². The normalized spacial score (nSPS) is 13.6. The molecule has 2 heterocycles. The maximum atomic E-state index is 11.9. The van der Waals surface area contributed by atoms with E-state index in [4.69, 9.17) is 5.10 Å². The highest BCUT2D eigenvalue weighted by Crippen LogP contribution is 2.32. The van der Waals surface area contributed by atoms with Gasteiger partial charge >= 0.3 is 5.97 Å². The number of benzene rings is 2. The number of nitrogens with zero attached hydrogens (tertiary/aromatic N) is 4. The highest BCUT2D eigenvalue weighted by Gasteiger charge is 2.23. The van der Waals surface area contributed by atoms with Gasteiger partial charge in [0.15, 0.2) is 0 Å². The molecule has 0 atom stereocenters. The van der Waals surface area contributed by atoms with Crippen molar-refractivity contribution in [2.75, 3.05) is 23.3 Å². The van der Waals surface area contributed by atoms with Gasteiger partial charge in [-0.1, -0.05) is 39.0 Å². The molecule has 3 aromatic rings. The van der Waals surface area contributed by atoms with Crippen LogP contribution in [0, 0.1) is 6.92 Å². The molecule has 0 radical (unpaired) electrons. The van der Waals surface area contributed by atoms with Crippen molar-refractivity contribution < 1.29 is 9.90 Å². The lowest BCUT2D eigenvalue weighted by atomic mass is 9.92. The number of carbonyl (C=O) groups is 1. The number of aliphatic imine (C=N–C) groups is 1. The van der Waals surface area contributed by atoms with Crippen LogP contribution in [-0.4, -0.2) is 40.3 Å². The predicted molar refractivity (Wildman–Crippen MR) is 124 cm³/mol. The molecule has 2 N–H and O–H groups in total. The Balaban J connectivity index is 1.82. The average molecular weight is 418 g/mol. The molecule has 1 aromatic heterocycles. The molecule has 1 aliphatic rings. The summed E-state index contributed by atoms with van der Waals surface area (Å²) in [5, 5.41) is 18.0. The van der Waals surface area contributed by atoms with Gasteiger partial charge in [0.25, 0.3) is 0 Å². The van der Waals surface area contributed by atoms with Crippen LogP contribution in [0.3, 0.4) is 0 Å². The molecule has 0 bridgehead atoms. The molecule has 7 nitrogen and oxygen atoms in total. The summed E-state index contributed by atoms with van der Waals surface area (Å²) in [7, 11) is 0. The van der Waals surface area contributed by atoms with E-state index in [1.807, 2.05) is 59.0 Å². The van der Waals surface area contributed by atoms with Crippen LogP contribution in [0.5, 0.6) is 0 Å². The molecule has 0 aliphatic carbocycles. The third-order valence-electron chi connectivity index (χ3n) is 5.34. The van der Waals surface area contributed by atoms with Gasteiger partial charge in [-0.3, -0.25) is 4.99 Å². The molecule has 31 heavy (non-hydrogen) atoms. The van der Waals surface area contributed by atoms with Gasteiger partial charge in [-0.25, -0.2) is 9.48 Å². The van der Waals surface area contributed by atoms with Crippen molar-refractivity contribution >= 4 is 29.5 Å². The summed E-state index contributed by atoms with van der Waals surface area (Å²) in [5.74, 6) is -0.267. The molecule has 0 unspecified atom stereocenters. The van der Waals surface area contributed by atoms with E-state index in [0.29, 0.717) is 11.5 Å². The second kappa shape index (κ2) is 7.91. The molecule has 0 spiro atoms. The summed E-state index contributed by atoms with van der Waals surface area (Å²) < 4.78 is 1.85. The SMILES string of the molecule is Cc1ccccc1-n1nc(C(C)(C)C)cc1Nc1cc(N2C=NCC2)ccc1C(=O)O. The molecule has 160 valence electrons. The number of carboxylic acids is 1. The fourth-order valence-electron chi connectivity index (χ4n) is 3.54. The number of rotatable bonds is 5. The van der Waals surface area contributed by atoms with Crippen LogP contribution >= 0.6 is 0 Å². The third-order valence-corrected chi connectivity index (χ3v) is 5.34. The predicted octanol–water partition coefficient (Wildman–Crippen LogP) is 4.77. The smallest absolute Gasteiger partial charge is 0.337 e. The van der Waals surface area contributed by atoms with Crippen LogP contribution < -0.4 is 10.2 Å². The summed E-state index contributed by atoms with van der Waals surface area (Å²) in [6.45, 7) is 9.87. The van der Waals surface area contributed by atoms with Crippen molar-refractivity contribution in [2.45, 2.75) is 33.1 Å². The molecular formula is C24H27N5O2. The number of nitrogens with one attached hydrogen (secondary N) is 1. The first-order chi connectivity index (χ1) is 14.7. The van der Waals surface area contributed by atoms with Crippen molar-refractivity contribution in [3.63, 3.8) is 0 Å². The Labute approximate surface area is 182 Å². The number of carboxylic acid groups (broad SMARTS) is 1. The quantitative estimate of drug-likeness (QED) is 0.625. The molecular weight excluding hydrogens is 390 g/mol. The fourth-order valence-corrected chi connectivity index (χ4v) is 3.54. The van der Waals surface area contributed by atoms with Crippen molar-refractivity contribution in [3.8, 4) is 5.69 Å². The van der Waals surface area contributed by atoms with Crippen LogP contribution in [-0.2, 0) is 5.41 Å². The van der Waals surface area contributed by atoms with Gasteiger partial charge in [-0.05, 0) is 36.8 Å². The van der Waals surface area contributed by atoms with Crippen molar-refractivity contribution in [1.29, 1.82) is 0 Å². The molecule has 0 amide bonds. The fraction of sp³-hybridized carbons (Fsp3) is 0.292. The Kier molecular flexibility index (Phi) is 5.27. The van der Waals surface area contributed by atoms with Crippen molar-refractivity contribution in [2.24, 2.45) is 4.99 Å². The van der Waals surface area contributed by atoms with Crippen LogP contribution in [0.15, 0.2) is 53.5 Å². The van der Waals surface area contributed by atoms with E-state index < -0.39 is 5.97 Å². The Morgan fingerprint density at radius 3 is 2.55 bits per heavy atom. The Morgan fingerprint density at radius 2 is 1.90 bits per heavy atom. The largest absolute Gasteiger partial charge is 0.478 e. The molecule has 7 heteroatoms. The average Bonchev–Trinajstić information content (AvgIpc) is 3.38. The summed E-state index contributed by atoms with van der Waals surface area (Å²) in [6.07, 6.45) is 1.79. The molecule has 0 saturated heterocycles. The third kappa shape index (κ3) is 4.17. The second-order valence-corrected chi connectivity index (χ2v) is 8.74. The highest BCUT2D eigenvalue weighted by atomic mass is 16.4. The van der Waals surface area contributed by atoms with Crippen LogP contribution in [0.2, 0.25) is 0 Å². The van der Waals surface area contributed by atoms with Gasteiger partial charge in [0.1, 0.15) is 5.82 Å². The number of hydrogen-bond donors (Lipinski definition) is 2. The summed E-state index contributed by atoms with van der Waals surface area (Å²) in [5.41, 5.74) is 4.39. The lowest BCUT2D eigenvalue weighted by molar-refractivity contribution is 0.0698. The van der Waals surface area contributed by atoms with E-state index in [0.717, 1.165) is 35.7 Å². The van der Waals surface area contributed by atoms with E-state index >= 15 is 0 Å². The number of hydrogen-bond acceptors (Lipinski definition) is 5. The number of aromatic nitrogens is 2. The lowest BCUT2D eigenvalue weighted by Gasteiger charge is -2.18. The minimum atomic E-state index is -0.984. The van der Waals surface area contributed by atoms with Gasteiger partial charge in [-0.15, -0.1) is 0 Å². The number of aryl methyl sites for hydroxylation is 1. The Hall–Kier alpha value is -3.61. The first-order valence-electron chi connectivity index (χ1n) is 10.3. The van der Waals surface area contributed by atoms with Crippen molar-refractivity contribution in [3.05, 3.63) is 65.4 Å². The maximum absolute atomic E-state index is 11.9. The second-order valence-electron chi connectivity index (χ2n) is 8.74. The first kappa shape index (κ1) is 20.7. The van der Waals surface area contributed by atoms with E-state index in [9.17, 15) is 9.90 Å². The van der Waals surface area contributed by atoms with Crippen LogP contribution in [0.4, 0.5) is 17.2 Å². The minimum Gasteiger partial charge on any atom is -0.478 e. The number of aromatic carboxylic acids is 1. The van der Waals surface area contributed by atoms with E-state index in [2.05, 4.69) is 31.1 Å². The van der Waals surface area contributed by atoms with E-state index in [-0.39, 0.29) is 11.0 Å². The first-order valence-corrected chi connectivity index (χ1v) is 10.3. The highest BCUT2D eigenvalue weighted by molar-refractivity contribution is 5.97. The van der Waals surface area contributed by atoms with E-state index in [1.165, 1.54) is 0 Å². The molecule has 2 aromatic carbocycles. The molecule has 4 rings (SSSR count). The number of para-hydroxylation sites is 1. The zero-order valence-corrected chi connectivity index (χ0v) is 18.3. The topological polar surface area (TPSA) is 82.8 Å². The van der Waals surface area contributed by atoms with Gasteiger partial charge in [0.05, 0.1) is 35.5 Å². The van der Waals surface area contributed by atoms with Crippen molar-refractivity contribution in [1.82, 2.24) is 9.78 Å². The minimum absolute atomic E-state index is 0.159. The maximum Gasteiger partial charge on any atom is 0.337 e. The van der Waals surface area contributed by atoms with Gasteiger partial charge in [0, 0.05) is 23.7 Å². The zero-order valence-electron chi connectivity index (χ0n) is 18.3. The van der Waals surface area contributed by atoms with Gasteiger partial charge in [0.2, 0.25) is 0 Å². The Bertz CT molecular complexity index is 1160. The number of anilines is 3. The molecule has 0 fully saturated rings. The monoisotopic (exact) mass is 417 g/mol. The van der Waals surface area contributed by atoms with Gasteiger partial charge in [-0.2, -0.15) is 5.10 Å². The summed E-state index contributed by atoms with van der Waals surface area (Å²) >= 11 is 0. The molecule has 1 aliphatic heterocycles. The summed E-state index contributed by atoms with van der Waals surface area (Å²) in [6, 6.07) is 15.3. The van der Waals surface area contributed by atoms with E-state index in [1.54, 1.807) is 12.4 Å². The Morgan fingerprint density at radius 1 is 1.13 bits per heavy atom. The summed E-state index contributed by atoms with van der Waals surface area (Å²) in [4.78, 5) is 18.2. The standard InChI is InChI=1S/C24H27N5O2/c1-16-7-5-6-8-20(16)29-22(14-21(27-29)24(2,3)4)26-19-13-17(28-12-11-25-15-28)9-10-18(19)23(30)31/h5-10,13-15,26H,11-12H2,1-4H3,(H,30,31). The zero-order chi connectivity index (χ0) is 22.2.